The lowest BCUT2D eigenvalue weighted by Gasteiger charge is -2.18. The summed E-state index contributed by atoms with van der Waals surface area (Å²) in [6, 6.07) is 6.59. The second-order valence-electron chi connectivity index (χ2n) is 3.93. The molecule has 2 rings (SSSR count). The van der Waals surface area contributed by atoms with Crippen LogP contribution < -0.4 is 11.1 Å². The van der Waals surface area contributed by atoms with E-state index in [1.807, 2.05) is 40.0 Å². The molecule has 4 heteroatoms. The monoisotopic (exact) mass is 277 g/mol. The first-order valence-electron chi connectivity index (χ1n) is 6.68. The molecule has 0 aliphatic carbocycles. The maximum Gasteiger partial charge on any atom is 0.132 e. The van der Waals surface area contributed by atoms with Gasteiger partial charge in [-0.05, 0) is 37.8 Å². The predicted octanol–water partition coefficient (Wildman–Crippen LogP) is 3.58. The van der Waals surface area contributed by atoms with E-state index in [2.05, 4.69) is 22.6 Å². The van der Waals surface area contributed by atoms with Gasteiger partial charge in [-0.1, -0.05) is 32.6 Å². The van der Waals surface area contributed by atoms with Gasteiger partial charge in [-0.25, -0.2) is 4.39 Å². The summed E-state index contributed by atoms with van der Waals surface area (Å²) >= 11 is 0. The van der Waals surface area contributed by atoms with Crippen LogP contribution in [-0.4, -0.2) is 11.9 Å². The Morgan fingerprint density at radius 1 is 1.40 bits per heavy atom. The van der Waals surface area contributed by atoms with E-state index in [9.17, 15) is 4.39 Å². The highest BCUT2D eigenvalue weighted by atomic mass is 19.1. The molecule has 1 heterocycles. The molecule has 0 fully saturated rings. The van der Waals surface area contributed by atoms with E-state index in [0.29, 0.717) is 0 Å². The van der Waals surface area contributed by atoms with Crippen LogP contribution in [0.5, 0.6) is 0 Å². The van der Waals surface area contributed by atoms with Crippen molar-refractivity contribution in [3.63, 3.8) is 0 Å². The minimum Gasteiger partial charge on any atom is -0.405 e. The molecular formula is C16H24FN3. The van der Waals surface area contributed by atoms with Gasteiger partial charge in [0.15, 0.2) is 0 Å². The summed E-state index contributed by atoms with van der Waals surface area (Å²) in [7, 11) is 0. The summed E-state index contributed by atoms with van der Waals surface area (Å²) in [6.45, 7) is 11.2. The summed E-state index contributed by atoms with van der Waals surface area (Å²) in [5, 5.41) is 3.06. The zero-order valence-electron chi connectivity index (χ0n) is 12.7. The van der Waals surface area contributed by atoms with Crippen LogP contribution in [0.25, 0.3) is 0 Å². The first kappa shape index (κ1) is 17.9. The van der Waals surface area contributed by atoms with Gasteiger partial charge < -0.3 is 11.1 Å². The molecule has 1 aromatic rings. The molecule has 0 bridgehead atoms. The molecule has 0 amide bonds. The third kappa shape index (κ3) is 5.69. The van der Waals surface area contributed by atoms with E-state index < -0.39 is 0 Å². The lowest BCUT2D eigenvalue weighted by Crippen LogP contribution is -2.26. The van der Waals surface area contributed by atoms with Gasteiger partial charge in [0, 0.05) is 11.8 Å². The molecule has 3 nitrogen and oxygen atoms in total. The molecule has 1 unspecified atom stereocenters. The van der Waals surface area contributed by atoms with Crippen molar-refractivity contribution in [2.75, 3.05) is 0 Å². The van der Waals surface area contributed by atoms with Gasteiger partial charge in [0.25, 0.3) is 0 Å². The molecule has 0 radical (unpaired) electrons. The van der Waals surface area contributed by atoms with Crippen molar-refractivity contribution in [2.24, 2.45) is 10.7 Å². The maximum atomic E-state index is 13.0. The summed E-state index contributed by atoms with van der Waals surface area (Å²) in [5.41, 5.74) is 6.57. The van der Waals surface area contributed by atoms with Gasteiger partial charge in [-0.3, -0.25) is 4.99 Å². The Bertz CT molecular complexity index is 478. The van der Waals surface area contributed by atoms with Crippen molar-refractivity contribution >= 4 is 5.84 Å². The van der Waals surface area contributed by atoms with E-state index in [1.165, 1.54) is 23.9 Å². The molecule has 1 atom stereocenters. The largest absolute Gasteiger partial charge is 0.405 e. The Morgan fingerprint density at radius 3 is 2.50 bits per heavy atom. The lowest BCUT2D eigenvalue weighted by atomic mass is 10.1. The Morgan fingerprint density at radius 2 is 2.00 bits per heavy atom. The zero-order valence-corrected chi connectivity index (χ0v) is 12.7. The SMILES string of the molecule is C=CN.CC.CC1=CNC(c2cccc(F)c2)=NC1C. The van der Waals surface area contributed by atoms with Crippen molar-refractivity contribution < 1.29 is 4.39 Å². The molecule has 3 N–H and O–H groups in total. The summed E-state index contributed by atoms with van der Waals surface area (Å²) in [4.78, 5) is 4.45. The summed E-state index contributed by atoms with van der Waals surface area (Å²) < 4.78 is 13.0. The Hall–Kier alpha value is -2.10. The first-order valence-corrected chi connectivity index (χ1v) is 6.68. The normalized spacial score (nSPS) is 16.1. The molecule has 0 spiro atoms. The van der Waals surface area contributed by atoms with Crippen LogP contribution in [0.1, 0.15) is 33.3 Å². The molecule has 20 heavy (non-hydrogen) atoms. The highest BCUT2D eigenvalue weighted by Crippen LogP contribution is 2.12. The standard InChI is InChI=1S/C12H13FN2.C2H5N.C2H6/c1-8-7-14-12(15-9(8)2)10-4-3-5-11(13)6-10;1-2-3;1-2/h3-7,9H,1-2H3,(H,14,15);2H,1,3H2;1-2H3. The highest BCUT2D eigenvalue weighted by Gasteiger charge is 2.11. The van der Waals surface area contributed by atoms with Crippen LogP contribution in [0.2, 0.25) is 0 Å². The summed E-state index contributed by atoms with van der Waals surface area (Å²) in [5.74, 6) is 0.489. The number of hydrogen-bond acceptors (Lipinski definition) is 3. The van der Waals surface area contributed by atoms with Crippen molar-refractivity contribution in [3.8, 4) is 0 Å². The number of nitrogens with one attached hydrogen (secondary N) is 1. The highest BCUT2D eigenvalue weighted by molar-refractivity contribution is 6.00. The third-order valence-corrected chi connectivity index (χ3v) is 2.52. The Kier molecular flexibility index (Phi) is 8.75. The molecule has 1 aliphatic rings. The maximum absolute atomic E-state index is 13.0. The van der Waals surface area contributed by atoms with Gasteiger partial charge >= 0.3 is 0 Å². The number of hydrogen-bond donors (Lipinski definition) is 2. The molecule has 0 aromatic heterocycles. The van der Waals surface area contributed by atoms with Crippen molar-refractivity contribution in [3.05, 3.63) is 60.2 Å². The second kappa shape index (κ2) is 9.78. The smallest absolute Gasteiger partial charge is 0.132 e. The Balaban J connectivity index is 0.000000641. The van der Waals surface area contributed by atoms with E-state index in [0.717, 1.165) is 11.4 Å². The van der Waals surface area contributed by atoms with Crippen LogP contribution >= 0.6 is 0 Å². The third-order valence-electron chi connectivity index (χ3n) is 2.52. The van der Waals surface area contributed by atoms with Crippen molar-refractivity contribution in [1.29, 1.82) is 0 Å². The molecule has 0 saturated heterocycles. The van der Waals surface area contributed by atoms with Gasteiger partial charge in [-0.15, -0.1) is 0 Å². The van der Waals surface area contributed by atoms with E-state index in [1.54, 1.807) is 6.07 Å². The fourth-order valence-corrected chi connectivity index (χ4v) is 1.43. The molecular weight excluding hydrogens is 253 g/mol. The fourth-order valence-electron chi connectivity index (χ4n) is 1.43. The van der Waals surface area contributed by atoms with Gasteiger partial charge in [-0.2, -0.15) is 0 Å². The Labute approximate surface area is 121 Å². The van der Waals surface area contributed by atoms with Gasteiger partial charge in [0.05, 0.1) is 6.04 Å². The average Bonchev–Trinajstić information content (AvgIpc) is 2.45. The number of nitrogens with zero attached hydrogens (tertiary/aromatic N) is 1. The minimum absolute atomic E-state index is 0.157. The van der Waals surface area contributed by atoms with Crippen LogP contribution in [0.3, 0.4) is 0 Å². The van der Waals surface area contributed by atoms with Gasteiger partial charge in [0.1, 0.15) is 11.7 Å². The van der Waals surface area contributed by atoms with Crippen LogP contribution in [0.4, 0.5) is 4.39 Å². The van der Waals surface area contributed by atoms with E-state index in [-0.39, 0.29) is 11.9 Å². The molecule has 1 aromatic carbocycles. The second-order valence-corrected chi connectivity index (χ2v) is 3.93. The van der Waals surface area contributed by atoms with Crippen LogP contribution in [-0.2, 0) is 0 Å². The number of halogens is 1. The quantitative estimate of drug-likeness (QED) is 0.824. The molecule has 0 saturated carbocycles. The van der Waals surface area contributed by atoms with E-state index >= 15 is 0 Å². The molecule has 110 valence electrons. The fraction of sp³-hybridized carbons (Fsp3) is 0.312. The van der Waals surface area contributed by atoms with Gasteiger partial charge in [0.2, 0.25) is 0 Å². The first-order chi connectivity index (χ1) is 9.58. The van der Waals surface area contributed by atoms with Crippen LogP contribution in [0.15, 0.2) is 53.8 Å². The van der Waals surface area contributed by atoms with Crippen molar-refractivity contribution in [2.45, 2.75) is 33.7 Å². The number of aliphatic imine (C=N–C) groups is 1. The minimum atomic E-state index is -0.240. The average molecular weight is 277 g/mol. The number of rotatable bonds is 1. The number of nitrogens with two attached hydrogens (primary N) is 1. The van der Waals surface area contributed by atoms with E-state index in [4.69, 9.17) is 0 Å². The van der Waals surface area contributed by atoms with Crippen molar-refractivity contribution in [1.82, 2.24) is 5.32 Å². The number of benzene rings is 1. The zero-order chi connectivity index (χ0) is 15.5. The lowest BCUT2D eigenvalue weighted by molar-refractivity contribution is 0.627. The molecule has 1 aliphatic heterocycles. The number of amidine groups is 1. The van der Waals surface area contributed by atoms with Crippen LogP contribution in [0, 0.1) is 5.82 Å². The summed E-state index contributed by atoms with van der Waals surface area (Å²) in [6.07, 6.45) is 3.16. The predicted molar refractivity (Wildman–Crippen MR) is 85.0 cm³/mol. The topological polar surface area (TPSA) is 50.4 Å².